The minimum atomic E-state index is -0.0975. The Morgan fingerprint density at radius 3 is 2.85 bits per heavy atom. The van der Waals surface area contributed by atoms with Crippen LogP contribution in [0.2, 0.25) is 0 Å². The fourth-order valence-electron chi connectivity index (χ4n) is 2.77. The number of thioether (sulfide) groups is 1. The van der Waals surface area contributed by atoms with E-state index in [9.17, 15) is 4.79 Å². The largest absolute Gasteiger partial charge is 0.301 e. The van der Waals surface area contributed by atoms with E-state index in [0.29, 0.717) is 16.6 Å². The van der Waals surface area contributed by atoms with Crippen molar-refractivity contribution in [2.45, 2.75) is 6.42 Å². The summed E-state index contributed by atoms with van der Waals surface area (Å²) in [6, 6.07) is 20.1. The first kappa shape index (κ1) is 16.5. The molecule has 2 aromatic carbocycles. The van der Waals surface area contributed by atoms with Gasteiger partial charge in [0.15, 0.2) is 5.17 Å². The third kappa shape index (κ3) is 3.83. The molecule has 0 aliphatic carbocycles. The van der Waals surface area contributed by atoms with Gasteiger partial charge in [0.05, 0.1) is 10.4 Å². The molecule has 4 nitrogen and oxygen atoms in total. The molecular weight excluding hydrogens is 342 g/mol. The van der Waals surface area contributed by atoms with Crippen LogP contribution in [0.25, 0.3) is 17.0 Å². The Morgan fingerprint density at radius 2 is 1.96 bits per heavy atom. The van der Waals surface area contributed by atoms with Gasteiger partial charge in [-0.2, -0.15) is 0 Å². The number of nitrogens with zero attached hydrogens (tertiary/aromatic N) is 2. The highest BCUT2D eigenvalue weighted by Gasteiger charge is 2.23. The van der Waals surface area contributed by atoms with Crippen LogP contribution >= 0.6 is 11.8 Å². The molecule has 1 saturated heterocycles. The maximum atomic E-state index is 12.2. The van der Waals surface area contributed by atoms with Crippen LogP contribution in [-0.4, -0.2) is 22.6 Å². The molecule has 1 N–H and O–H groups in total. The first-order valence-electron chi connectivity index (χ1n) is 8.42. The maximum absolute atomic E-state index is 12.2. The number of carbonyl (C=O) groups is 1. The van der Waals surface area contributed by atoms with Crippen molar-refractivity contribution in [3.8, 4) is 0 Å². The van der Waals surface area contributed by atoms with Crippen LogP contribution in [0.4, 0.5) is 0 Å². The summed E-state index contributed by atoms with van der Waals surface area (Å²) in [4.78, 5) is 21.7. The predicted octanol–water partition coefficient (Wildman–Crippen LogP) is 4.04. The molecule has 1 aromatic heterocycles. The fourth-order valence-corrected chi connectivity index (χ4v) is 3.61. The topological polar surface area (TPSA) is 54.4 Å². The molecule has 2 heterocycles. The van der Waals surface area contributed by atoms with Gasteiger partial charge in [-0.15, -0.1) is 0 Å². The number of pyridine rings is 1. The molecule has 1 fully saturated rings. The number of rotatable bonds is 4. The van der Waals surface area contributed by atoms with Crippen LogP contribution < -0.4 is 5.32 Å². The van der Waals surface area contributed by atoms with Gasteiger partial charge in [-0.25, -0.2) is 0 Å². The zero-order valence-corrected chi connectivity index (χ0v) is 14.9. The third-order valence-corrected chi connectivity index (χ3v) is 5.02. The van der Waals surface area contributed by atoms with Gasteiger partial charge in [0.2, 0.25) is 0 Å². The van der Waals surface area contributed by atoms with E-state index in [4.69, 9.17) is 0 Å². The van der Waals surface area contributed by atoms with Crippen molar-refractivity contribution >= 4 is 39.8 Å². The number of amidine groups is 1. The molecule has 0 saturated carbocycles. The quantitative estimate of drug-likeness (QED) is 0.716. The highest BCUT2D eigenvalue weighted by atomic mass is 32.2. The number of aliphatic imine (C=N–C) groups is 1. The van der Waals surface area contributed by atoms with E-state index in [0.717, 1.165) is 22.9 Å². The molecule has 4 rings (SSSR count). The Kier molecular flexibility index (Phi) is 4.80. The van der Waals surface area contributed by atoms with Crippen molar-refractivity contribution in [1.29, 1.82) is 0 Å². The molecule has 1 aliphatic heterocycles. The second kappa shape index (κ2) is 7.54. The van der Waals surface area contributed by atoms with Gasteiger partial charge in [-0.05, 0) is 53.6 Å². The van der Waals surface area contributed by atoms with E-state index in [-0.39, 0.29) is 5.91 Å². The minimum Gasteiger partial charge on any atom is -0.301 e. The zero-order valence-electron chi connectivity index (χ0n) is 14.1. The lowest BCUT2D eigenvalue weighted by Gasteiger charge is -1.99. The molecule has 0 radical (unpaired) electrons. The smallest absolute Gasteiger partial charge is 0.264 e. The van der Waals surface area contributed by atoms with Gasteiger partial charge < -0.3 is 5.32 Å². The predicted molar refractivity (Wildman–Crippen MR) is 108 cm³/mol. The van der Waals surface area contributed by atoms with Crippen LogP contribution in [0.3, 0.4) is 0 Å². The summed E-state index contributed by atoms with van der Waals surface area (Å²) in [5.74, 6) is -0.0975. The lowest BCUT2D eigenvalue weighted by Crippen LogP contribution is -2.20. The zero-order chi connectivity index (χ0) is 17.8. The van der Waals surface area contributed by atoms with Gasteiger partial charge in [0, 0.05) is 18.1 Å². The molecule has 3 aromatic rings. The minimum absolute atomic E-state index is 0.0975. The Bertz CT molecular complexity index is 1010. The first-order chi connectivity index (χ1) is 12.8. The molecule has 1 amide bonds. The van der Waals surface area contributed by atoms with Crippen molar-refractivity contribution in [3.63, 3.8) is 0 Å². The second-order valence-corrected chi connectivity index (χ2v) is 6.97. The normalized spacial score (nSPS) is 17.2. The maximum Gasteiger partial charge on any atom is 0.264 e. The number of aromatic nitrogens is 1. The molecule has 0 atom stereocenters. The van der Waals surface area contributed by atoms with E-state index >= 15 is 0 Å². The first-order valence-corrected chi connectivity index (χ1v) is 9.24. The number of benzene rings is 2. The van der Waals surface area contributed by atoms with Gasteiger partial charge in [0.1, 0.15) is 0 Å². The van der Waals surface area contributed by atoms with Crippen molar-refractivity contribution in [2.24, 2.45) is 4.99 Å². The lowest BCUT2D eigenvalue weighted by atomic mass is 10.1. The summed E-state index contributed by atoms with van der Waals surface area (Å²) in [7, 11) is 0. The van der Waals surface area contributed by atoms with Gasteiger partial charge in [0.25, 0.3) is 5.91 Å². The molecule has 0 bridgehead atoms. The molecule has 5 heteroatoms. The van der Waals surface area contributed by atoms with Crippen molar-refractivity contribution in [3.05, 3.63) is 82.9 Å². The van der Waals surface area contributed by atoms with E-state index in [1.54, 1.807) is 6.20 Å². The average Bonchev–Trinajstić information content (AvgIpc) is 3.02. The Balaban J connectivity index is 1.46. The molecular formula is C21H17N3OS. The summed E-state index contributed by atoms with van der Waals surface area (Å²) < 4.78 is 0. The van der Waals surface area contributed by atoms with Gasteiger partial charge in [-0.1, -0.05) is 42.5 Å². The van der Waals surface area contributed by atoms with E-state index in [1.807, 2.05) is 54.6 Å². The van der Waals surface area contributed by atoms with E-state index in [2.05, 4.69) is 27.4 Å². The monoisotopic (exact) mass is 359 g/mol. The SMILES string of the molecule is O=C1NC(=NCCc2ccccc2)S/C1=C\c1ccc2ncccc2c1. The third-order valence-electron chi connectivity index (χ3n) is 4.07. The Morgan fingerprint density at radius 1 is 1.08 bits per heavy atom. The number of hydrogen-bond acceptors (Lipinski definition) is 4. The van der Waals surface area contributed by atoms with Gasteiger partial charge in [-0.3, -0.25) is 14.8 Å². The number of carbonyl (C=O) groups excluding carboxylic acids is 1. The summed E-state index contributed by atoms with van der Waals surface area (Å²) in [6.07, 6.45) is 4.53. The van der Waals surface area contributed by atoms with Crippen LogP contribution in [0.5, 0.6) is 0 Å². The van der Waals surface area contributed by atoms with Crippen LogP contribution in [0, 0.1) is 0 Å². The standard InChI is InChI=1S/C21H17N3OS/c25-20-19(14-16-8-9-18-17(13-16)7-4-11-22-18)26-21(24-20)23-12-10-15-5-2-1-3-6-15/h1-9,11,13-14H,10,12H2,(H,23,24,25)/b19-14-. The van der Waals surface area contributed by atoms with Crippen molar-refractivity contribution < 1.29 is 4.79 Å². The fraction of sp³-hybridized carbons (Fsp3) is 0.0952. The second-order valence-electron chi connectivity index (χ2n) is 5.94. The van der Waals surface area contributed by atoms with Crippen LogP contribution in [-0.2, 0) is 11.2 Å². The van der Waals surface area contributed by atoms with Crippen LogP contribution in [0.1, 0.15) is 11.1 Å². The number of hydrogen-bond donors (Lipinski definition) is 1. The molecule has 0 spiro atoms. The summed E-state index contributed by atoms with van der Waals surface area (Å²) in [5, 5.41) is 4.56. The number of fused-ring (bicyclic) bond motifs is 1. The highest BCUT2D eigenvalue weighted by molar-refractivity contribution is 8.18. The van der Waals surface area contributed by atoms with Crippen molar-refractivity contribution in [1.82, 2.24) is 10.3 Å². The molecule has 1 aliphatic rings. The highest BCUT2D eigenvalue weighted by Crippen LogP contribution is 2.27. The van der Waals surface area contributed by atoms with Crippen LogP contribution in [0.15, 0.2) is 76.8 Å². The lowest BCUT2D eigenvalue weighted by molar-refractivity contribution is -0.115. The number of nitrogens with one attached hydrogen (secondary N) is 1. The Hall–Kier alpha value is -2.92. The molecule has 128 valence electrons. The summed E-state index contributed by atoms with van der Waals surface area (Å²) in [6.45, 7) is 0.654. The summed E-state index contributed by atoms with van der Waals surface area (Å²) in [5.41, 5.74) is 3.17. The Labute approximate surface area is 156 Å². The molecule has 0 unspecified atom stereocenters. The van der Waals surface area contributed by atoms with Crippen molar-refractivity contribution in [2.75, 3.05) is 6.54 Å². The van der Waals surface area contributed by atoms with E-state index < -0.39 is 0 Å². The number of amides is 1. The average molecular weight is 359 g/mol. The van der Waals surface area contributed by atoms with E-state index in [1.165, 1.54) is 17.3 Å². The van der Waals surface area contributed by atoms with Gasteiger partial charge >= 0.3 is 0 Å². The summed E-state index contributed by atoms with van der Waals surface area (Å²) >= 11 is 1.39. The molecule has 26 heavy (non-hydrogen) atoms.